The van der Waals surface area contributed by atoms with E-state index in [4.69, 9.17) is 37.9 Å². The first kappa shape index (κ1) is 68.8. The Morgan fingerprint density at radius 1 is 0.281 bits per heavy atom. The average molecular weight is 1290 g/mol. The maximum atomic E-state index is 14.1. The molecule has 16 heteroatoms. The SMILES string of the molecule is C=CC(=O)Oc1cc(OC=O)c2cc1C(c1ccc(C(C)C)cc1)c1cc(c(OC(=O)C=C)cc1OC(=O)C=C)C(c1ccc(C(C)C)cc1)c1cc(c(OC=O)cc1OC(=O)C=C)C(c1ccc(C(C)C)cc1)c1cc(c(OC=O)cc1OC=O)C2c1ccc(C(C)C)cc1. The molecule has 0 amide bonds. The van der Waals surface area contributed by atoms with Gasteiger partial charge in [-0.25, -0.2) is 19.2 Å². The first-order chi connectivity index (χ1) is 46.2. The molecule has 0 aliphatic heterocycles. The fourth-order valence-electron chi connectivity index (χ4n) is 12.2. The lowest BCUT2D eigenvalue weighted by molar-refractivity contribution is -0.130. The van der Waals surface area contributed by atoms with Gasteiger partial charge in [0.15, 0.2) is 0 Å². The first-order valence-corrected chi connectivity index (χ1v) is 31.1. The predicted molar refractivity (Wildman–Crippen MR) is 362 cm³/mol. The van der Waals surface area contributed by atoms with Crippen LogP contribution >= 0.6 is 0 Å². The van der Waals surface area contributed by atoms with E-state index in [1.807, 2.05) is 152 Å². The number of rotatable bonds is 24. The summed E-state index contributed by atoms with van der Waals surface area (Å²) in [4.78, 5) is 109. The van der Waals surface area contributed by atoms with Crippen molar-refractivity contribution in [3.8, 4) is 46.0 Å². The van der Waals surface area contributed by atoms with Crippen LogP contribution in [0.2, 0.25) is 0 Å². The number of hydrogen-bond donors (Lipinski definition) is 0. The van der Waals surface area contributed by atoms with Gasteiger partial charge in [-0.05, 0) is 92.4 Å². The van der Waals surface area contributed by atoms with Gasteiger partial charge in [-0.15, -0.1) is 0 Å². The van der Waals surface area contributed by atoms with Gasteiger partial charge in [-0.1, -0.05) is 179 Å². The van der Waals surface area contributed by atoms with E-state index in [-0.39, 0.29) is 140 Å². The maximum Gasteiger partial charge on any atom is 0.335 e. The van der Waals surface area contributed by atoms with Crippen molar-refractivity contribution < 1.29 is 76.3 Å². The Labute approximate surface area is 557 Å². The Hall–Kier alpha value is -11.5. The van der Waals surface area contributed by atoms with Crippen LogP contribution in [0.3, 0.4) is 0 Å². The lowest BCUT2D eigenvalue weighted by Crippen LogP contribution is -2.18. The van der Waals surface area contributed by atoms with Gasteiger partial charge in [-0.2, -0.15) is 0 Å². The number of hydrogen-bond acceptors (Lipinski definition) is 16. The van der Waals surface area contributed by atoms with Crippen molar-refractivity contribution >= 4 is 49.8 Å². The van der Waals surface area contributed by atoms with Gasteiger partial charge in [0.2, 0.25) is 0 Å². The van der Waals surface area contributed by atoms with Crippen molar-refractivity contribution in [1.82, 2.24) is 0 Å². The molecule has 488 valence electrons. The molecule has 0 aromatic heterocycles. The summed E-state index contributed by atoms with van der Waals surface area (Å²) in [6.45, 7) is 31.9. The van der Waals surface area contributed by atoms with Crippen LogP contribution in [0.5, 0.6) is 46.0 Å². The molecule has 8 bridgehead atoms. The molecule has 9 rings (SSSR count). The highest BCUT2D eigenvalue weighted by atomic mass is 16.6. The summed E-state index contributed by atoms with van der Waals surface area (Å²) in [5.74, 6) is -9.87. The summed E-state index contributed by atoms with van der Waals surface area (Å²) < 4.78 is 49.2. The zero-order valence-corrected chi connectivity index (χ0v) is 54.5. The van der Waals surface area contributed by atoms with Crippen molar-refractivity contribution in [3.05, 3.63) is 285 Å². The third kappa shape index (κ3) is 14.8. The van der Waals surface area contributed by atoms with Crippen molar-refractivity contribution in [2.24, 2.45) is 0 Å². The number of carbonyl (C=O) groups excluding carboxylic acids is 8. The molecule has 1 aliphatic carbocycles. The third-order valence-corrected chi connectivity index (χ3v) is 17.0. The third-order valence-electron chi connectivity index (χ3n) is 17.0. The zero-order chi connectivity index (χ0) is 69.1. The highest BCUT2D eigenvalue weighted by Gasteiger charge is 2.38. The number of ether oxygens (including phenoxy) is 8. The van der Waals surface area contributed by atoms with E-state index < -0.39 is 47.5 Å². The van der Waals surface area contributed by atoms with Gasteiger partial charge in [0.1, 0.15) is 46.0 Å². The maximum absolute atomic E-state index is 14.1. The standard InChI is InChI=1S/C80H72O16/c1-13-73(85)93-69-38-67(91-43-83)59-34-61(69)79(55-29-21-51(22-30-55)47(9)10)63-36-64(72(96-76(88)16-4)40-71(63)95-75(87)15-3)80(56-31-23-52(24-32-56)48(11)12)62-35-60(68(92-44-84)39-70(62)94-74(86)14-2)78(54-27-19-50(20-28-54)46(7)8)58-33-57(65(89-41-81)37-66(58)90-42-82)77(59)53-25-17-49(18-26-53)45(5)6/h13-48,77-80H,1-4H2,5-12H3. The van der Waals surface area contributed by atoms with Crippen LogP contribution in [0.15, 0.2) is 196 Å². The molecule has 0 fully saturated rings. The van der Waals surface area contributed by atoms with E-state index in [0.717, 1.165) is 46.6 Å². The molecule has 4 atom stereocenters. The van der Waals surface area contributed by atoms with Crippen LogP contribution < -0.4 is 37.9 Å². The van der Waals surface area contributed by atoms with Gasteiger partial charge in [0.05, 0.1) is 0 Å². The van der Waals surface area contributed by atoms with Gasteiger partial charge >= 0.3 is 23.9 Å². The molecule has 96 heavy (non-hydrogen) atoms. The minimum absolute atomic E-state index is 0.0272. The van der Waals surface area contributed by atoms with E-state index in [2.05, 4.69) is 26.3 Å². The van der Waals surface area contributed by atoms with E-state index in [1.54, 1.807) is 24.3 Å². The molecule has 0 spiro atoms. The number of benzene rings is 8. The summed E-state index contributed by atoms with van der Waals surface area (Å²) in [7, 11) is 0. The molecule has 1 aliphatic rings. The molecule has 8 aromatic rings. The van der Waals surface area contributed by atoms with Crippen molar-refractivity contribution in [2.75, 3.05) is 0 Å². The number of esters is 4. The smallest absolute Gasteiger partial charge is 0.335 e. The number of fused-ring (bicyclic) bond motifs is 8. The van der Waals surface area contributed by atoms with Crippen molar-refractivity contribution in [3.63, 3.8) is 0 Å². The molecule has 16 nitrogen and oxygen atoms in total. The molecule has 0 N–H and O–H groups in total. The lowest BCUT2D eigenvalue weighted by atomic mass is 9.74. The summed E-state index contributed by atoms with van der Waals surface area (Å²) in [6, 6.07) is 42.3. The lowest BCUT2D eigenvalue weighted by Gasteiger charge is -2.32. The Morgan fingerprint density at radius 2 is 0.448 bits per heavy atom. The highest BCUT2D eigenvalue weighted by Crippen LogP contribution is 2.55. The van der Waals surface area contributed by atoms with Crippen molar-refractivity contribution in [2.45, 2.75) is 103 Å². The minimum atomic E-state index is -1.25. The Balaban J connectivity index is 1.66. The molecule has 8 aromatic carbocycles. The van der Waals surface area contributed by atoms with E-state index >= 15 is 0 Å². The molecule has 0 saturated carbocycles. The second-order valence-corrected chi connectivity index (χ2v) is 24.1. The van der Waals surface area contributed by atoms with Gasteiger partial charge in [0, 0.05) is 117 Å². The van der Waals surface area contributed by atoms with Crippen LogP contribution in [0.25, 0.3) is 0 Å². The molecule has 0 saturated heterocycles. The van der Waals surface area contributed by atoms with Crippen molar-refractivity contribution in [1.29, 1.82) is 0 Å². The quantitative estimate of drug-likeness (QED) is 0.0238. The average Bonchev–Trinajstić information content (AvgIpc) is 0.743. The topological polar surface area (TPSA) is 210 Å². The van der Waals surface area contributed by atoms with E-state index in [9.17, 15) is 38.4 Å². The highest BCUT2D eigenvalue weighted by molar-refractivity contribution is 5.87. The fraction of sp³-hybridized carbons (Fsp3) is 0.200. The Morgan fingerprint density at radius 3 is 0.615 bits per heavy atom. The summed E-state index contributed by atoms with van der Waals surface area (Å²) in [6.07, 6.45) is 3.80. The van der Waals surface area contributed by atoms with E-state index in [1.165, 1.54) is 24.3 Å². The van der Waals surface area contributed by atoms with Crippen LogP contribution in [0, 0.1) is 0 Å². The Kier molecular flexibility index (Phi) is 21.9. The van der Waals surface area contributed by atoms with Crippen LogP contribution in [-0.2, 0) is 38.4 Å². The van der Waals surface area contributed by atoms with Crippen LogP contribution in [-0.4, -0.2) is 49.8 Å². The summed E-state index contributed by atoms with van der Waals surface area (Å²) in [5.41, 5.74) is 7.19. The molecular formula is C80H72O16. The predicted octanol–water partition coefficient (Wildman–Crippen LogP) is 15.7. The van der Waals surface area contributed by atoms with Crippen LogP contribution in [0.1, 0.15) is 192 Å². The molecular weight excluding hydrogens is 1220 g/mol. The van der Waals surface area contributed by atoms with E-state index in [0.29, 0.717) is 22.3 Å². The second-order valence-electron chi connectivity index (χ2n) is 24.1. The molecule has 0 heterocycles. The monoisotopic (exact) mass is 1290 g/mol. The first-order valence-electron chi connectivity index (χ1n) is 31.1. The molecule has 4 unspecified atom stereocenters. The van der Waals surface area contributed by atoms with Gasteiger partial charge in [-0.3, -0.25) is 19.2 Å². The van der Waals surface area contributed by atoms with Crippen LogP contribution in [0.4, 0.5) is 0 Å². The zero-order valence-electron chi connectivity index (χ0n) is 54.5. The fourth-order valence-corrected chi connectivity index (χ4v) is 12.2. The summed E-state index contributed by atoms with van der Waals surface area (Å²) in [5, 5.41) is 0. The minimum Gasteiger partial charge on any atom is -0.428 e. The summed E-state index contributed by atoms with van der Waals surface area (Å²) >= 11 is 0. The molecule has 0 radical (unpaired) electrons. The largest absolute Gasteiger partial charge is 0.428 e. The van der Waals surface area contributed by atoms with Gasteiger partial charge in [0.25, 0.3) is 25.9 Å². The normalized spacial score (nSPS) is 14.7. The second kappa shape index (κ2) is 30.5. The van der Waals surface area contributed by atoms with Gasteiger partial charge < -0.3 is 37.9 Å². The Bertz CT molecular complexity index is 4060. The number of carbonyl (C=O) groups is 8.